The number of halogens is 1. The fourth-order valence-corrected chi connectivity index (χ4v) is 5.77. The Balaban J connectivity index is 0.00000141. The maximum atomic E-state index is 12.9. The van der Waals surface area contributed by atoms with Crippen LogP contribution >= 0.6 is 11.6 Å². The van der Waals surface area contributed by atoms with Crippen molar-refractivity contribution in [2.45, 2.75) is 51.6 Å². The molecule has 192 valence electrons. The Kier molecular flexibility index (Phi) is 8.57. The van der Waals surface area contributed by atoms with Crippen LogP contribution in [-0.4, -0.2) is 84.1 Å². The average molecular weight is 503 g/mol. The molecule has 3 aliphatic heterocycles. The fraction of sp³-hybridized carbons (Fsp3) is 0.615. The predicted molar refractivity (Wildman–Crippen MR) is 142 cm³/mol. The molecular weight excluding hydrogens is 464 g/mol. The van der Waals surface area contributed by atoms with Crippen molar-refractivity contribution in [2.24, 2.45) is 0 Å². The van der Waals surface area contributed by atoms with Crippen molar-refractivity contribution in [3.63, 3.8) is 0 Å². The molecule has 1 N–H and O–H groups in total. The van der Waals surface area contributed by atoms with Gasteiger partial charge in [-0.15, -0.1) is 5.10 Å². The second kappa shape index (κ2) is 11.6. The molecule has 0 saturated carbocycles. The highest BCUT2D eigenvalue weighted by Gasteiger charge is 2.44. The van der Waals surface area contributed by atoms with Gasteiger partial charge in [0, 0.05) is 68.3 Å². The van der Waals surface area contributed by atoms with Crippen LogP contribution in [0.4, 0.5) is 16.3 Å². The number of likely N-dealkylation sites (tertiary alicyclic amines) is 2. The Morgan fingerprint density at radius 3 is 2.51 bits per heavy atom. The molecule has 0 aliphatic carbocycles. The zero-order chi connectivity index (χ0) is 24.8. The van der Waals surface area contributed by atoms with Crippen LogP contribution in [0.15, 0.2) is 30.5 Å². The number of carbonyl (C=O) groups excluding carboxylic acids is 1. The minimum atomic E-state index is -0.0387. The second-order valence-corrected chi connectivity index (χ2v) is 9.72. The lowest BCUT2D eigenvalue weighted by Gasteiger charge is -2.45. The summed E-state index contributed by atoms with van der Waals surface area (Å²) in [5.74, 6) is 0.706. The van der Waals surface area contributed by atoms with Gasteiger partial charge in [-0.1, -0.05) is 31.5 Å². The summed E-state index contributed by atoms with van der Waals surface area (Å²) in [5, 5.41) is 8.06. The molecule has 3 aliphatic rings. The van der Waals surface area contributed by atoms with Gasteiger partial charge in [0.2, 0.25) is 0 Å². The van der Waals surface area contributed by atoms with Gasteiger partial charge in [-0.25, -0.2) is 4.79 Å². The van der Waals surface area contributed by atoms with Crippen LogP contribution in [0.3, 0.4) is 0 Å². The molecule has 8 nitrogen and oxygen atoms in total. The van der Waals surface area contributed by atoms with E-state index in [-0.39, 0.29) is 11.6 Å². The van der Waals surface area contributed by atoms with Gasteiger partial charge >= 0.3 is 6.03 Å². The molecule has 3 fully saturated rings. The summed E-state index contributed by atoms with van der Waals surface area (Å²) in [6, 6.07) is 8.09. The molecule has 1 aromatic heterocycles. The number of benzene rings is 1. The third kappa shape index (κ3) is 5.60. The number of rotatable bonds is 4. The van der Waals surface area contributed by atoms with E-state index in [1.54, 1.807) is 6.20 Å². The number of aromatic nitrogens is 2. The van der Waals surface area contributed by atoms with Crippen molar-refractivity contribution in [1.82, 2.24) is 19.6 Å². The smallest absolute Gasteiger partial charge is 0.344 e. The van der Waals surface area contributed by atoms with Crippen molar-refractivity contribution in [3.05, 3.63) is 41.0 Å². The first-order valence-electron chi connectivity index (χ1n) is 13.0. The summed E-state index contributed by atoms with van der Waals surface area (Å²) in [5.41, 5.74) is 2.73. The molecule has 1 spiro atoms. The van der Waals surface area contributed by atoms with Gasteiger partial charge in [0.05, 0.1) is 13.2 Å². The summed E-state index contributed by atoms with van der Waals surface area (Å²) in [6.07, 6.45) is 6.13. The number of anilines is 2. The van der Waals surface area contributed by atoms with Crippen LogP contribution in [0.5, 0.6) is 0 Å². The lowest BCUT2D eigenvalue weighted by Crippen LogP contribution is -2.53. The van der Waals surface area contributed by atoms with Crippen molar-refractivity contribution in [1.29, 1.82) is 0 Å². The third-order valence-corrected chi connectivity index (χ3v) is 7.74. The van der Waals surface area contributed by atoms with E-state index in [1.165, 1.54) is 28.8 Å². The maximum absolute atomic E-state index is 12.9. The molecule has 5 rings (SSSR count). The molecule has 0 bridgehead atoms. The van der Waals surface area contributed by atoms with Gasteiger partial charge in [0.15, 0.2) is 0 Å². The van der Waals surface area contributed by atoms with E-state index in [2.05, 4.69) is 32.3 Å². The highest BCUT2D eigenvalue weighted by atomic mass is 35.5. The van der Waals surface area contributed by atoms with E-state index >= 15 is 0 Å². The lowest BCUT2D eigenvalue weighted by atomic mass is 9.84. The van der Waals surface area contributed by atoms with Crippen LogP contribution in [-0.2, 0) is 11.3 Å². The third-order valence-electron chi connectivity index (χ3n) is 7.51. The molecule has 3 saturated heterocycles. The van der Waals surface area contributed by atoms with Gasteiger partial charge in [0.25, 0.3) is 0 Å². The molecule has 1 amide bonds. The SMILES string of the molecule is CC.CNc1ccn(C(=O)N2CCC3(CCCN3Cc3ccc(Cl)cc3N3CCOCC3)CC2)n1. The van der Waals surface area contributed by atoms with Crippen LogP contribution in [0, 0.1) is 0 Å². The standard InChI is InChI=1S/C24H33ClN6O2.C2H6/c1-26-22-5-10-31(27-22)23(32)29-11-7-24(8-12-29)6-2-9-30(24)18-19-3-4-20(25)17-21(19)28-13-15-33-16-14-28;1-2/h3-5,10,17H,2,6-9,11-16,18H2,1H3,(H,26,27);1-2H3. The number of morpholine rings is 1. The highest BCUT2D eigenvalue weighted by Crippen LogP contribution is 2.40. The number of amides is 1. The van der Waals surface area contributed by atoms with Gasteiger partial charge in [-0.05, 0) is 49.9 Å². The number of ether oxygens (including phenoxy) is 1. The summed E-state index contributed by atoms with van der Waals surface area (Å²) in [6.45, 7) is 10.9. The molecule has 1 aromatic carbocycles. The van der Waals surface area contributed by atoms with Crippen molar-refractivity contribution >= 4 is 29.1 Å². The van der Waals surface area contributed by atoms with Gasteiger partial charge in [0.1, 0.15) is 5.82 Å². The maximum Gasteiger partial charge on any atom is 0.344 e. The van der Waals surface area contributed by atoms with E-state index < -0.39 is 0 Å². The molecule has 2 aromatic rings. The number of hydrogen-bond donors (Lipinski definition) is 1. The Morgan fingerprint density at radius 1 is 1.09 bits per heavy atom. The summed E-state index contributed by atoms with van der Waals surface area (Å²) in [4.78, 5) is 19.9. The first-order chi connectivity index (χ1) is 17.1. The van der Waals surface area contributed by atoms with Crippen molar-refractivity contribution in [2.75, 3.05) is 63.2 Å². The van der Waals surface area contributed by atoms with Crippen LogP contribution in [0.25, 0.3) is 0 Å². The Labute approximate surface area is 214 Å². The fourth-order valence-electron chi connectivity index (χ4n) is 5.61. The quantitative estimate of drug-likeness (QED) is 0.662. The molecule has 4 heterocycles. The number of piperidine rings is 1. The number of hydrogen-bond acceptors (Lipinski definition) is 6. The second-order valence-electron chi connectivity index (χ2n) is 9.29. The lowest BCUT2D eigenvalue weighted by molar-refractivity contribution is 0.0584. The zero-order valence-corrected chi connectivity index (χ0v) is 22.1. The first-order valence-corrected chi connectivity index (χ1v) is 13.3. The molecular formula is C26H39ClN6O2. The minimum Gasteiger partial charge on any atom is -0.378 e. The van der Waals surface area contributed by atoms with Crippen molar-refractivity contribution in [3.8, 4) is 0 Å². The predicted octanol–water partition coefficient (Wildman–Crippen LogP) is 4.54. The number of carbonyl (C=O) groups is 1. The summed E-state index contributed by atoms with van der Waals surface area (Å²) in [7, 11) is 1.81. The Hall–Kier alpha value is -2.29. The molecule has 0 atom stereocenters. The topological polar surface area (TPSA) is 65.9 Å². The van der Waals surface area contributed by atoms with Gasteiger partial charge < -0.3 is 19.9 Å². The molecule has 9 heteroatoms. The zero-order valence-electron chi connectivity index (χ0n) is 21.3. The van der Waals surface area contributed by atoms with E-state index in [0.717, 1.165) is 70.3 Å². The Bertz CT molecular complexity index is 982. The molecule has 0 radical (unpaired) electrons. The number of nitrogens with zero attached hydrogens (tertiary/aromatic N) is 5. The minimum absolute atomic E-state index is 0.0387. The largest absolute Gasteiger partial charge is 0.378 e. The normalized spacial score (nSPS) is 20.0. The summed E-state index contributed by atoms with van der Waals surface area (Å²) < 4.78 is 7.00. The van der Waals surface area contributed by atoms with E-state index in [9.17, 15) is 4.79 Å². The average Bonchev–Trinajstić information content (AvgIpc) is 3.54. The number of nitrogens with one attached hydrogen (secondary N) is 1. The Morgan fingerprint density at radius 2 is 1.83 bits per heavy atom. The van der Waals surface area contributed by atoms with Gasteiger partial charge in [-0.2, -0.15) is 4.68 Å². The van der Waals surface area contributed by atoms with Crippen LogP contribution < -0.4 is 10.2 Å². The van der Waals surface area contributed by atoms with Gasteiger partial charge in [-0.3, -0.25) is 4.90 Å². The van der Waals surface area contributed by atoms with E-state index in [4.69, 9.17) is 16.3 Å². The van der Waals surface area contributed by atoms with E-state index in [0.29, 0.717) is 5.82 Å². The van der Waals surface area contributed by atoms with Crippen molar-refractivity contribution < 1.29 is 9.53 Å². The van der Waals surface area contributed by atoms with Crippen LogP contribution in [0.2, 0.25) is 5.02 Å². The van der Waals surface area contributed by atoms with Crippen LogP contribution in [0.1, 0.15) is 45.1 Å². The summed E-state index contributed by atoms with van der Waals surface area (Å²) >= 11 is 6.38. The molecule has 0 unspecified atom stereocenters. The first kappa shape index (κ1) is 25.8. The van der Waals surface area contributed by atoms with E-state index in [1.807, 2.05) is 37.9 Å². The monoisotopic (exact) mass is 502 g/mol. The highest BCUT2D eigenvalue weighted by molar-refractivity contribution is 6.30. The molecule has 35 heavy (non-hydrogen) atoms.